The summed E-state index contributed by atoms with van der Waals surface area (Å²) in [6.07, 6.45) is 2.67. The number of hydrogen-bond acceptors (Lipinski definition) is 5. The van der Waals surface area contributed by atoms with Gasteiger partial charge in [0.05, 0.1) is 24.4 Å². The molecule has 0 saturated heterocycles. The van der Waals surface area contributed by atoms with Crippen LogP contribution >= 0.6 is 43.2 Å². The minimum atomic E-state index is 0.745. The second kappa shape index (κ2) is 7.13. The Morgan fingerprint density at radius 3 is 2.58 bits per heavy atom. The first kappa shape index (κ1) is 17.7. The van der Waals surface area contributed by atoms with E-state index in [0.29, 0.717) is 0 Å². The smallest absolute Gasteiger partial charge is 0.209 e. The first-order valence-corrected chi connectivity index (χ1v) is 10.2. The number of hydrogen-bond donors (Lipinski definition) is 0. The molecule has 0 unspecified atom stereocenters. The number of aromatic nitrogens is 1. The van der Waals surface area contributed by atoms with Crippen LogP contribution in [0.25, 0.3) is 11.3 Å². The van der Waals surface area contributed by atoms with E-state index in [2.05, 4.69) is 36.9 Å². The van der Waals surface area contributed by atoms with Crippen molar-refractivity contribution in [3.05, 3.63) is 55.3 Å². The third kappa shape index (κ3) is 3.08. The van der Waals surface area contributed by atoms with Crippen molar-refractivity contribution in [3.8, 4) is 22.8 Å². The van der Waals surface area contributed by atoms with Gasteiger partial charge < -0.3 is 9.47 Å². The Balaban J connectivity index is 1.66. The van der Waals surface area contributed by atoms with Crippen molar-refractivity contribution in [1.29, 1.82) is 0 Å². The number of methoxy groups -OCH3 is 2. The van der Waals surface area contributed by atoms with Crippen molar-refractivity contribution in [2.75, 3.05) is 14.2 Å². The summed E-state index contributed by atoms with van der Waals surface area (Å²) >= 11 is 8.74. The molecule has 0 saturated carbocycles. The number of fused-ring (bicyclic) bond motifs is 3. The lowest BCUT2D eigenvalue weighted by atomic mass is 10.1. The lowest BCUT2D eigenvalue weighted by Crippen LogP contribution is -1.90. The topological polar surface area (TPSA) is 43.7 Å². The molecule has 0 amide bonds. The molecule has 1 heterocycles. The predicted octanol–water partition coefficient (Wildman–Crippen LogP) is 6.01. The highest BCUT2D eigenvalue weighted by molar-refractivity contribution is 9.10. The molecule has 0 spiro atoms. The highest BCUT2D eigenvalue weighted by Gasteiger charge is 2.28. The zero-order valence-electron chi connectivity index (χ0n) is 14.0. The number of thiazole rings is 1. The van der Waals surface area contributed by atoms with E-state index in [4.69, 9.17) is 14.5 Å². The Morgan fingerprint density at radius 2 is 1.85 bits per heavy atom. The summed E-state index contributed by atoms with van der Waals surface area (Å²) in [6, 6.07) is 9.83. The third-order valence-electron chi connectivity index (χ3n) is 4.20. The van der Waals surface area contributed by atoms with Gasteiger partial charge >= 0.3 is 0 Å². The van der Waals surface area contributed by atoms with Gasteiger partial charge in [0.15, 0.2) is 0 Å². The predicted molar refractivity (Wildman–Crippen MR) is 113 cm³/mol. The van der Waals surface area contributed by atoms with E-state index < -0.39 is 0 Å². The fourth-order valence-electron chi connectivity index (χ4n) is 2.97. The molecule has 132 valence electrons. The Morgan fingerprint density at radius 1 is 1.08 bits per heavy atom. The van der Waals surface area contributed by atoms with Crippen molar-refractivity contribution < 1.29 is 9.47 Å². The molecule has 2 aromatic carbocycles. The summed E-state index contributed by atoms with van der Waals surface area (Å²) in [6.45, 7) is 0. The first-order chi connectivity index (χ1) is 12.6. The summed E-state index contributed by atoms with van der Waals surface area (Å²) in [5, 5.41) is 0.745. The molecule has 0 atom stereocenters. The van der Waals surface area contributed by atoms with E-state index in [0.717, 1.165) is 48.8 Å². The molecule has 0 fully saturated rings. The molecular weight excluding hydrogens is 480 g/mol. The van der Waals surface area contributed by atoms with Crippen LogP contribution in [0.15, 0.2) is 44.3 Å². The Bertz CT molecular complexity index is 1030. The fraction of sp³-hybridized carbons (Fsp3) is 0.158. The first-order valence-electron chi connectivity index (χ1n) is 7.83. The van der Waals surface area contributed by atoms with Crippen LogP contribution in [0.1, 0.15) is 16.0 Å². The summed E-state index contributed by atoms with van der Waals surface area (Å²) in [4.78, 5) is 10.5. The Hall–Kier alpha value is -1.70. The summed E-state index contributed by atoms with van der Waals surface area (Å²) in [5.74, 6) is 1.64. The fourth-order valence-corrected chi connectivity index (χ4v) is 4.92. The number of benzene rings is 2. The molecule has 1 aromatic heterocycles. The summed E-state index contributed by atoms with van der Waals surface area (Å²) in [5.41, 5.74) is 4.26. The molecule has 4 rings (SSSR count). The number of aliphatic imine (C=N–C) groups is 1. The minimum Gasteiger partial charge on any atom is -0.496 e. The van der Waals surface area contributed by atoms with E-state index in [1.54, 1.807) is 25.6 Å². The maximum atomic E-state index is 5.53. The third-order valence-corrected chi connectivity index (χ3v) is 6.52. The van der Waals surface area contributed by atoms with Crippen molar-refractivity contribution in [2.45, 2.75) is 6.42 Å². The minimum absolute atomic E-state index is 0.745. The largest absolute Gasteiger partial charge is 0.496 e. The van der Waals surface area contributed by atoms with Crippen LogP contribution in [0.5, 0.6) is 11.5 Å². The lowest BCUT2D eigenvalue weighted by molar-refractivity contribution is 0.412. The van der Waals surface area contributed by atoms with Crippen LogP contribution in [0, 0.1) is 0 Å². The average molecular weight is 494 g/mol. The number of nitrogens with zero attached hydrogens (tertiary/aromatic N) is 2. The molecule has 4 nitrogen and oxygen atoms in total. The van der Waals surface area contributed by atoms with Crippen molar-refractivity contribution in [2.24, 2.45) is 4.99 Å². The maximum absolute atomic E-state index is 5.53. The van der Waals surface area contributed by atoms with E-state index in [9.17, 15) is 0 Å². The van der Waals surface area contributed by atoms with Crippen LogP contribution in [-0.4, -0.2) is 25.4 Å². The quantitative estimate of drug-likeness (QED) is 0.327. The van der Waals surface area contributed by atoms with Crippen LogP contribution < -0.4 is 9.47 Å². The molecule has 26 heavy (non-hydrogen) atoms. The molecule has 1 aliphatic carbocycles. The zero-order chi connectivity index (χ0) is 18.3. The van der Waals surface area contributed by atoms with Crippen LogP contribution in [0.4, 0.5) is 5.13 Å². The van der Waals surface area contributed by atoms with Gasteiger partial charge in [0, 0.05) is 27.5 Å². The molecule has 0 N–H and O–H groups in total. The van der Waals surface area contributed by atoms with Gasteiger partial charge in [-0.05, 0) is 57.4 Å². The highest BCUT2D eigenvalue weighted by atomic mass is 79.9. The van der Waals surface area contributed by atoms with Crippen molar-refractivity contribution in [3.63, 3.8) is 0 Å². The monoisotopic (exact) mass is 492 g/mol. The van der Waals surface area contributed by atoms with Gasteiger partial charge in [0.25, 0.3) is 0 Å². The average Bonchev–Trinajstić information content (AvgIpc) is 3.19. The van der Waals surface area contributed by atoms with Gasteiger partial charge in [-0.3, -0.25) is 0 Å². The van der Waals surface area contributed by atoms with Gasteiger partial charge in [-0.2, -0.15) is 0 Å². The SMILES string of the molecule is COc1ccc(C=Nc2nc3c(s2)Cc2c(Br)ccc(OC)c2-3)cc1Br. The lowest BCUT2D eigenvalue weighted by Gasteiger charge is -2.08. The molecular formula is C19H14Br2N2O2S. The van der Waals surface area contributed by atoms with Gasteiger partial charge in [-0.15, -0.1) is 0 Å². The standard InChI is InChI=1S/C19H14Br2N2O2S/c1-24-14-5-3-10(7-13(14)21)9-22-19-23-18-16(26-19)8-11-12(20)4-6-15(25-2)17(11)18/h3-7,9H,8H2,1-2H3. The van der Waals surface area contributed by atoms with E-state index in [1.165, 1.54) is 10.4 Å². The van der Waals surface area contributed by atoms with E-state index in [1.807, 2.05) is 36.5 Å². The zero-order valence-corrected chi connectivity index (χ0v) is 18.0. The van der Waals surface area contributed by atoms with Gasteiger partial charge in [-0.1, -0.05) is 27.3 Å². The molecule has 3 aromatic rings. The highest BCUT2D eigenvalue weighted by Crippen LogP contribution is 2.48. The van der Waals surface area contributed by atoms with Crippen LogP contribution in [-0.2, 0) is 6.42 Å². The number of halogens is 2. The molecule has 0 aliphatic heterocycles. The second-order valence-electron chi connectivity index (χ2n) is 5.70. The van der Waals surface area contributed by atoms with Crippen molar-refractivity contribution >= 4 is 54.5 Å². The molecule has 0 bridgehead atoms. The molecule has 1 aliphatic rings. The normalized spacial score (nSPS) is 12.3. The Kier molecular flexibility index (Phi) is 4.86. The van der Waals surface area contributed by atoms with Gasteiger partial charge in [0.2, 0.25) is 5.13 Å². The van der Waals surface area contributed by atoms with E-state index >= 15 is 0 Å². The molecule has 7 heteroatoms. The molecule has 0 radical (unpaired) electrons. The van der Waals surface area contributed by atoms with Crippen LogP contribution in [0.3, 0.4) is 0 Å². The van der Waals surface area contributed by atoms with Gasteiger partial charge in [0.1, 0.15) is 11.5 Å². The summed E-state index contributed by atoms with van der Waals surface area (Å²) < 4.78 is 12.8. The second-order valence-corrected chi connectivity index (χ2v) is 8.47. The van der Waals surface area contributed by atoms with Crippen LogP contribution in [0.2, 0.25) is 0 Å². The number of ether oxygens (including phenoxy) is 2. The number of rotatable bonds is 4. The summed E-state index contributed by atoms with van der Waals surface area (Å²) in [7, 11) is 3.34. The Labute approximate surface area is 172 Å². The van der Waals surface area contributed by atoms with Crippen molar-refractivity contribution in [1.82, 2.24) is 4.98 Å². The van der Waals surface area contributed by atoms with E-state index in [-0.39, 0.29) is 0 Å². The van der Waals surface area contributed by atoms with Gasteiger partial charge in [-0.25, -0.2) is 9.98 Å². The maximum Gasteiger partial charge on any atom is 0.209 e.